The van der Waals surface area contributed by atoms with Crippen molar-refractivity contribution in [1.82, 2.24) is 0 Å². The molecule has 0 aliphatic carbocycles. The van der Waals surface area contributed by atoms with E-state index < -0.39 is 0 Å². The minimum absolute atomic E-state index is 0.329. The van der Waals surface area contributed by atoms with Crippen LogP contribution in [0, 0.1) is 0 Å². The topological polar surface area (TPSA) is 27.7 Å². The van der Waals surface area contributed by atoms with Gasteiger partial charge in [-0.05, 0) is 39.8 Å². The van der Waals surface area contributed by atoms with E-state index in [-0.39, 0.29) is 11.2 Å². The number of benzene rings is 1. The first-order valence-corrected chi connectivity index (χ1v) is 5.93. The van der Waals surface area contributed by atoms with Gasteiger partial charge in [0.15, 0.2) is 11.5 Å². The standard InChI is InChI=1S/C14H20O3/c1-13(2)9-15-11-7-5-6-8-12(11)16-10-14(3,4)17-13/h5-8H,9-10H2,1-4H3. The SMILES string of the molecule is CC1(C)COc2ccccc2OCC(C)(C)O1. The summed E-state index contributed by atoms with van der Waals surface area (Å²) in [5.41, 5.74) is -0.658. The van der Waals surface area contributed by atoms with Gasteiger partial charge < -0.3 is 14.2 Å². The smallest absolute Gasteiger partial charge is 0.161 e. The molecule has 2 rings (SSSR count). The molecule has 17 heavy (non-hydrogen) atoms. The number of hydrogen-bond donors (Lipinski definition) is 0. The predicted octanol–water partition coefficient (Wildman–Crippen LogP) is 3.03. The Morgan fingerprint density at radius 1 is 0.824 bits per heavy atom. The van der Waals surface area contributed by atoms with Gasteiger partial charge in [0, 0.05) is 0 Å². The summed E-state index contributed by atoms with van der Waals surface area (Å²) in [5, 5.41) is 0. The highest BCUT2D eigenvalue weighted by molar-refractivity contribution is 5.39. The van der Waals surface area contributed by atoms with E-state index in [2.05, 4.69) is 0 Å². The summed E-state index contributed by atoms with van der Waals surface area (Å²) in [5.74, 6) is 1.56. The van der Waals surface area contributed by atoms with Crippen LogP contribution < -0.4 is 9.47 Å². The van der Waals surface area contributed by atoms with Gasteiger partial charge in [-0.15, -0.1) is 0 Å². The molecule has 0 spiro atoms. The highest BCUT2D eigenvalue weighted by Crippen LogP contribution is 2.31. The van der Waals surface area contributed by atoms with Crippen LogP contribution in [0.15, 0.2) is 24.3 Å². The third-order valence-corrected chi connectivity index (χ3v) is 2.55. The molecule has 3 heteroatoms. The average Bonchev–Trinajstić information content (AvgIpc) is 2.27. The average molecular weight is 236 g/mol. The molecule has 0 atom stereocenters. The molecule has 0 bridgehead atoms. The number of ether oxygens (including phenoxy) is 3. The van der Waals surface area contributed by atoms with Gasteiger partial charge in [-0.3, -0.25) is 0 Å². The first-order valence-electron chi connectivity index (χ1n) is 5.93. The van der Waals surface area contributed by atoms with Crippen molar-refractivity contribution in [3.05, 3.63) is 24.3 Å². The molecule has 1 aliphatic heterocycles. The molecule has 0 amide bonds. The van der Waals surface area contributed by atoms with Crippen molar-refractivity contribution in [2.45, 2.75) is 38.9 Å². The fourth-order valence-electron chi connectivity index (χ4n) is 2.00. The summed E-state index contributed by atoms with van der Waals surface area (Å²) in [6.07, 6.45) is 0. The van der Waals surface area contributed by atoms with E-state index in [1.807, 2.05) is 52.0 Å². The summed E-state index contributed by atoms with van der Waals surface area (Å²) < 4.78 is 17.6. The minimum atomic E-state index is -0.329. The maximum absolute atomic E-state index is 6.03. The van der Waals surface area contributed by atoms with E-state index in [0.29, 0.717) is 13.2 Å². The highest BCUT2D eigenvalue weighted by Gasteiger charge is 2.32. The van der Waals surface area contributed by atoms with Crippen LogP contribution in [-0.2, 0) is 4.74 Å². The van der Waals surface area contributed by atoms with Gasteiger partial charge >= 0.3 is 0 Å². The van der Waals surface area contributed by atoms with Gasteiger partial charge in [0.05, 0.1) is 11.2 Å². The Morgan fingerprint density at radius 2 is 1.24 bits per heavy atom. The fraction of sp³-hybridized carbons (Fsp3) is 0.571. The lowest BCUT2D eigenvalue weighted by Gasteiger charge is -2.34. The van der Waals surface area contributed by atoms with Gasteiger partial charge in [-0.25, -0.2) is 0 Å². The Bertz CT molecular complexity index is 359. The summed E-state index contributed by atoms with van der Waals surface area (Å²) >= 11 is 0. The lowest BCUT2D eigenvalue weighted by molar-refractivity contribution is -0.146. The monoisotopic (exact) mass is 236 g/mol. The molecular formula is C14H20O3. The van der Waals surface area contributed by atoms with Gasteiger partial charge in [-0.2, -0.15) is 0 Å². The molecule has 0 saturated carbocycles. The Morgan fingerprint density at radius 3 is 1.65 bits per heavy atom. The van der Waals surface area contributed by atoms with Crippen LogP contribution in [0.25, 0.3) is 0 Å². The molecule has 0 saturated heterocycles. The van der Waals surface area contributed by atoms with E-state index in [0.717, 1.165) is 11.5 Å². The van der Waals surface area contributed by atoms with E-state index in [1.165, 1.54) is 0 Å². The molecule has 0 N–H and O–H groups in total. The molecule has 94 valence electrons. The maximum atomic E-state index is 6.03. The molecule has 1 heterocycles. The van der Waals surface area contributed by atoms with Crippen LogP contribution in [-0.4, -0.2) is 24.4 Å². The second-order valence-corrected chi connectivity index (χ2v) is 5.65. The first kappa shape index (κ1) is 12.2. The zero-order valence-electron chi connectivity index (χ0n) is 10.9. The van der Waals surface area contributed by atoms with Crippen LogP contribution in [0.4, 0.5) is 0 Å². The number of fused-ring (bicyclic) bond motifs is 1. The van der Waals surface area contributed by atoms with Crippen LogP contribution in [0.5, 0.6) is 11.5 Å². The summed E-state index contributed by atoms with van der Waals surface area (Å²) in [4.78, 5) is 0. The molecule has 0 unspecified atom stereocenters. The quantitative estimate of drug-likeness (QED) is 0.693. The minimum Gasteiger partial charge on any atom is -0.487 e. The zero-order chi connectivity index (χ0) is 12.5. The maximum Gasteiger partial charge on any atom is 0.161 e. The van der Waals surface area contributed by atoms with Gasteiger partial charge in [0.25, 0.3) is 0 Å². The summed E-state index contributed by atoms with van der Waals surface area (Å²) in [6.45, 7) is 9.14. The van der Waals surface area contributed by atoms with Crippen LogP contribution in [0.3, 0.4) is 0 Å². The molecule has 3 nitrogen and oxygen atoms in total. The van der Waals surface area contributed by atoms with Crippen LogP contribution in [0.1, 0.15) is 27.7 Å². The number of hydrogen-bond acceptors (Lipinski definition) is 3. The molecule has 0 fully saturated rings. The summed E-state index contributed by atoms with van der Waals surface area (Å²) in [7, 11) is 0. The Hall–Kier alpha value is -1.22. The van der Waals surface area contributed by atoms with Crippen LogP contribution >= 0.6 is 0 Å². The van der Waals surface area contributed by atoms with Crippen LogP contribution in [0.2, 0.25) is 0 Å². The molecule has 1 aromatic rings. The van der Waals surface area contributed by atoms with Crippen molar-refractivity contribution < 1.29 is 14.2 Å². The fourth-order valence-corrected chi connectivity index (χ4v) is 2.00. The lowest BCUT2D eigenvalue weighted by atomic mass is 10.1. The van der Waals surface area contributed by atoms with Gasteiger partial charge in [0.2, 0.25) is 0 Å². The van der Waals surface area contributed by atoms with Crippen molar-refractivity contribution in [2.75, 3.05) is 13.2 Å². The lowest BCUT2D eigenvalue weighted by Crippen LogP contribution is -2.43. The molecule has 0 aromatic heterocycles. The second kappa shape index (κ2) is 4.22. The van der Waals surface area contributed by atoms with Crippen molar-refractivity contribution in [3.63, 3.8) is 0 Å². The molecule has 1 aliphatic rings. The second-order valence-electron chi connectivity index (χ2n) is 5.65. The Balaban J connectivity index is 2.29. The van der Waals surface area contributed by atoms with Gasteiger partial charge in [0.1, 0.15) is 13.2 Å². The highest BCUT2D eigenvalue weighted by atomic mass is 16.6. The van der Waals surface area contributed by atoms with Crippen molar-refractivity contribution >= 4 is 0 Å². The Labute approximate surface area is 103 Å². The predicted molar refractivity (Wildman–Crippen MR) is 66.7 cm³/mol. The van der Waals surface area contributed by atoms with E-state index >= 15 is 0 Å². The third-order valence-electron chi connectivity index (χ3n) is 2.55. The van der Waals surface area contributed by atoms with Crippen molar-refractivity contribution in [3.8, 4) is 11.5 Å². The largest absolute Gasteiger partial charge is 0.487 e. The zero-order valence-corrected chi connectivity index (χ0v) is 10.9. The molecular weight excluding hydrogens is 216 g/mol. The molecule has 0 radical (unpaired) electrons. The first-order chi connectivity index (χ1) is 7.88. The van der Waals surface area contributed by atoms with E-state index in [4.69, 9.17) is 14.2 Å². The number of rotatable bonds is 0. The van der Waals surface area contributed by atoms with Crippen molar-refractivity contribution in [2.24, 2.45) is 0 Å². The molecule has 1 aromatic carbocycles. The Kier molecular flexibility index (Phi) is 3.04. The third kappa shape index (κ3) is 3.13. The van der Waals surface area contributed by atoms with Gasteiger partial charge in [-0.1, -0.05) is 12.1 Å². The summed E-state index contributed by atoms with van der Waals surface area (Å²) in [6, 6.07) is 7.73. The van der Waals surface area contributed by atoms with E-state index in [9.17, 15) is 0 Å². The normalized spacial score (nSPS) is 22.1. The van der Waals surface area contributed by atoms with E-state index in [1.54, 1.807) is 0 Å². The number of para-hydroxylation sites is 2. The van der Waals surface area contributed by atoms with Crippen molar-refractivity contribution in [1.29, 1.82) is 0 Å².